The Morgan fingerprint density at radius 3 is 2.62 bits per heavy atom. The second-order valence-electron chi connectivity index (χ2n) is 5.27. The maximum absolute atomic E-state index is 5.35. The average molecular weight is 317 g/mol. The number of hydrogen-bond acceptors (Lipinski definition) is 5. The molecule has 0 spiro atoms. The first-order valence-corrected chi connectivity index (χ1v) is 7.49. The van der Waals surface area contributed by atoms with Gasteiger partial charge in [0.2, 0.25) is 0 Å². The highest BCUT2D eigenvalue weighted by Gasteiger charge is 2.10. The molecular formula is C18H15N5O. The third kappa shape index (κ3) is 2.65. The van der Waals surface area contributed by atoms with Crippen LogP contribution in [0.4, 0.5) is 11.6 Å². The molecule has 0 radical (unpaired) electrons. The van der Waals surface area contributed by atoms with Gasteiger partial charge in [0.25, 0.3) is 0 Å². The second-order valence-corrected chi connectivity index (χ2v) is 5.27. The molecule has 118 valence electrons. The molecule has 0 saturated heterocycles. The number of ether oxygens (including phenoxy) is 1. The number of aromatic amines is 1. The van der Waals surface area contributed by atoms with Crippen LogP contribution in [0.2, 0.25) is 0 Å². The zero-order chi connectivity index (χ0) is 16.4. The second kappa shape index (κ2) is 6.00. The molecule has 4 aromatic rings. The third-order valence-corrected chi connectivity index (χ3v) is 3.76. The number of anilines is 2. The Bertz CT molecular complexity index is 968. The van der Waals surface area contributed by atoms with E-state index >= 15 is 0 Å². The van der Waals surface area contributed by atoms with Crippen molar-refractivity contribution in [3.05, 3.63) is 61.1 Å². The number of methoxy groups -OCH3 is 1. The number of aromatic nitrogens is 4. The molecule has 0 aliphatic rings. The first kappa shape index (κ1) is 14.2. The minimum absolute atomic E-state index is 0.729. The molecule has 2 N–H and O–H groups in total. The van der Waals surface area contributed by atoms with Crippen molar-refractivity contribution in [2.45, 2.75) is 0 Å². The number of nitrogens with zero attached hydrogens (tertiary/aromatic N) is 3. The largest absolute Gasteiger partial charge is 0.497 e. The first-order chi connectivity index (χ1) is 11.8. The molecule has 1 aromatic carbocycles. The minimum atomic E-state index is 0.729. The highest BCUT2D eigenvalue weighted by Crippen LogP contribution is 2.31. The normalized spacial score (nSPS) is 10.7. The Labute approximate surface area is 138 Å². The van der Waals surface area contributed by atoms with Crippen LogP contribution in [0.3, 0.4) is 0 Å². The van der Waals surface area contributed by atoms with Crippen molar-refractivity contribution in [3.8, 4) is 17.0 Å². The predicted octanol–water partition coefficient (Wildman–Crippen LogP) is 3.77. The maximum Gasteiger partial charge on any atom is 0.132 e. The first-order valence-electron chi connectivity index (χ1n) is 7.49. The van der Waals surface area contributed by atoms with Crippen molar-refractivity contribution in [1.29, 1.82) is 0 Å². The van der Waals surface area contributed by atoms with Crippen LogP contribution in [0.1, 0.15) is 0 Å². The zero-order valence-corrected chi connectivity index (χ0v) is 13.0. The number of rotatable bonds is 4. The molecule has 3 aromatic heterocycles. The molecule has 0 bridgehead atoms. The number of pyridine rings is 2. The molecule has 0 fully saturated rings. The van der Waals surface area contributed by atoms with Crippen LogP contribution in [0, 0.1) is 0 Å². The number of hydrogen-bond donors (Lipinski definition) is 2. The fourth-order valence-corrected chi connectivity index (χ4v) is 2.62. The lowest BCUT2D eigenvalue weighted by molar-refractivity contribution is 0.415. The van der Waals surface area contributed by atoms with Gasteiger partial charge in [-0.05, 0) is 41.8 Å². The topological polar surface area (TPSA) is 75.7 Å². The van der Waals surface area contributed by atoms with Gasteiger partial charge < -0.3 is 10.1 Å². The van der Waals surface area contributed by atoms with Crippen LogP contribution in [-0.2, 0) is 0 Å². The van der Waals surface area contributed by atoms with E-state index in [9.17, 15) is 0 Å². The van der Waals surface area contributed by atoms with E-state index in [4.69, 9.17) is 9.72 Å². The van der Waals surface area contributed by atoms with Gasteiger partial charge in [-0.15, -0.1) is 0 Å². The van der Waals surface area contributed by atoms with E-state index in [1.54, 1.807) is 25.7 Å². The summed E-state index contributed by atoms with van der Waals surface area (Å²) in [6, 6.07) is 13.7. The van der Waals surface area contributed by atoms with E-state index in [0.717, 1.165) is 39.4 Å². The molecule has 24 heavy (non-hydrogen) atoms. The van der Waals surface area contributed by atoms with E-state index in [1.165, 1.54) is 0 Å². The lowest BCUT2D eigenvalue weighted by Crippen LogP contribution is -1.97. The monoisotopic (exact) mass is 317 g/mol. The Morgan fingerprint density at radius 1 is 1.00 bits per heavy atom. The number of fused-ring (bicyclic) bond motifs is 1. The Kier molecular flexibility index (Phi) is 3.55. The highest BCUT2D eigenvalue weighted by molar-refractivity contribution is 5.97. The molecule has 6 heteroatoms. The van der Waals surface area contributed by atoms with Gasteiger partial charge in [-0.25, -0.2) is 4.98 Å². The SMILES string of the molecule is COc1ccc2c(-c3ccncc3)nc(Nc3ccn[nH]3)cc2c1. The van der Waals surface area contributed by atoms with Gasteiger partial charge in [-0.2, -0.15) is 5.10 Å². The van der Waals surface area contributed by atoms with Gasteiger partial charge in [-0.1, -0.05) is 0 Å². The van der Waals surface area contributed by atoms with Crippen molar-refractivity contribution in [2.75, 3.05) is 12.4 Å². The van der Waals surface area contributed by atoms with Crippen LogP contribution in [0.5, 0.6) is 5.75 Å². The molecular weight excluding hydrogens is 302 g/mol. The molecule has 0 unspecified atom stereocenters. The van der Waals surface area contributed by atoms with Gasteiger partial charge in [0.1, 0.15) is 17.4 Å². The lowest BCUT2D eigenvalue weighted by atomic mass is 10.0. The molecule has 0 atom stereocenters. The van der Waals surface area contributed by atoms with E-state index in [0.29, 0.717) is 0 Å². The minimum Gasteiger partial charge on any atom is -0.497 e. The maximum atomic E-state index is 5.35. The van der Waals surface area contributed by atoms with Crippen LogP contribution >= 0.6 is 0 Å². The predicted molar refractivity (Wildman–Crippen MR) is 93.4 cm³/mol. The van der Waals surface area contributed by atoms with E-state index in [-0.39, 0.29) is 0 Å². The van der Waals surface area contributed by atoms with Crippen molar-refractivity contribution in [2.24, 2.45) is 0 Å². The van der Waals surface area contributed by atoms with Crippen LogP contribution in [-0.4, -0.2) is 27.3 Å². The van der Waals surface area contributed by atoms with Gasteiger partial charge in [0.05, 0.1) is 19.0 Å². The average Bonchev–Trinajstić information content (AvgIpc) is 3.14. The number of benzene rings is 1. The van der Waals surface area contributed by atoms with Gasteiger partial charge in [0.15, 0.2) is 0 Å². The summed E-state index contributed by atoms with van der Waals surface area (Å²) in [5.74, 6) is 2.32. The van der Waals surface area contributed by atoms with Crippen LogP contribution in [0.15, 0.2) is 61.1 Å². The van der Waals surface area contributed by atoms with Gasteiger partial charge >= 0.3 is 0 Å². The quantitative estimate of drug-likeness (QED) is 0.599. The fourth-order valence-electron chi connectivity index (χ4n) is 2.62. The summed E-state index contributed by atoms with van der Waals surface area (Å²) in [5.41, 5.74) is 1.90. The number of H-pyrrole nitrogens is 1. The van der Waals surface area contributed by atoms with E-state index in [2.05, 4.69) is 20.5 Å². The summed E-state index contributed by atoms with van der Waals surface area (Å²) < 4.78 is 5.35. The Morgan fingerprint density at radius 2 is 1.88 bits per heavy atom. The summed E-state index contributed by atoms with van der Waals surface area (Å²) in [6.45, 7) is 0. The number of nitrogens with one attached hydrogen (secondary N) is 2. The van der Waals surface area contributed by atoms with Crippen molar-refractivity contribution >= 4 is 22.4 Å². The van der Waals surface area contributed by atoms with Gasteiger partial charge in [-0.3, -0.25) is 10.1 Å². The molecule has 0 saturated carbocycles. The lowest BCUT2D eigenvalue weighted by Gasteiger charge is -2.11. The molecule has 4 rings (SSSR count). The standard InChI is InChI=1S/C18H15N5O/c1-24-14-2-3-15-13(10-14)11-17(21-16-6-9-20-23-16)22-18(15)12-4-7-19-8-5-12/h2-11H,1H3,(H2,20,21,22,23). The highest BCUT2D eigenvalue weighted by atomic mass is 16.5. The summed E-state index contributed by atoms with van der Waals surface area (Å²) in [4.78, 5) is 8.86. The Balaban J connectivity index is 1.91. The third-order valence-electron chi connectivity index (χ3n) is 3.76. The van der Waals surface area contributed by atoms with Crippen LogP contribution < -0.4 is 10.1 Å². The molecule has 3 heterocycles. The Hall–Kier alpha value is -3.41. The summed E-state index contributed by atoms with van der Waals surface area (Å²) >= 11 is 0. The van der Waals surface area contributed by atoms with E-state index in [1.807, 2.05) is 42.5 Å². The summed E-state index contributed by atoms with van der Waals surface area (Å²) in [6.07, 6.45) is 5.22. The van der Waals surface area contributed by atoms with Crippen molar-refractivity contribution in [1.82, 2.24) is 20.2 Å². The van der Waals surface area contributed by atoms with Crippen molar-refractivity contribution < 1.29 is 4.74 Å². The molecule has 0 aliphatic heterocycles. The van der Waals surface area contributed by atoms with Crippen molar-refractivity contribution in [3.63, 3.8) is 0 Å². The zero-order valence-electron chi connectivity index (χ0n) is 13.0. The smallest absolute Gasteiger partial charge is 0.132 e. The molecule has 0 amide bonds. The molecule has 0 aliphatic carbocycles. The summed E-state index contributed by atoms with van der Waals surface area (Å²) in [5, 5.41) is 12.2. The van der Waals surface area contributed by atoms with Crippen LogP contribution in [0.25, 0.3) is 22.0 Å². The summed E-state index contributed by atoms with van der Waals surface area (Å²) in [7, 11) is 1.66. The van der Waals surface area contributed by atoms with Gasteiger partial charge in [0, 0.05) is 29.4 Å². The van der Waals surface area contributed by atoms with E-state index < -0.39 is 0 Å². The molecule has 6 nitrogen and oxygen atoms in total. The fraction of sp³-hybridized carbons (Fsp3) is 0.0556.